The number of rotatable bonds is 5. The number of hydrogen-bond acceptors (Lipinski definition) is 4. The highest BCUT2D eigenvalue weighted by Gasteiger charge is 1.91. The van der Waals surface area contributed by atoms with Crippen molar-refractivity contribution < 1.29 is 0 Å². The van der Waals surface area contributed by atoms with Crippen LogP contribution in [0, 0.1) is 0 Å². The Labute approximate surface area is 70.9 Å². The van der Waals surface area contributed by atoms with Gasteiger partial charge in [0, 0.05) is 30.7 Å². The summed E-state index contributed by atoms with van der Waals surface area (Å²) in [4.78, 5) is 5.28. The lowest BCUT2D eigenvalue weighted by Crippen LogP contribution is -2.24. The molecule has 0 aliphatic rings. The fourth-order valence-electron chi connectivity index (χ4n) is 0.754. The highest BCUT2D eigenvalue weighted by atomic mass is 32.1. The van der Waals surface area contributed by atoms with E-state index in [0.717, 1.165) is 19.6 Å². The zero-order chi connectivity index (χ0) is 7.94. The molecule has 0 saturated carbocycles. The third-order valence-electron chi connectivity index (χ3n) is 1.33. The summed E-state index contributed by atoms with van der Waals surface area (Å²) in [6.45, 7) is 2.96. The van der Waals surface area contributed by atoms with Crippen LogP contribution in [-0.4, -0.2) is 25.1 Å². The van der Waals surface area contributed by atoms with Crippen molar-refractivity contribution in [3.8, 4) is 0 Å². The van der Waals surface area contributed by atoms with Crippen molar-refractivity contribution in [2.45, 2.75) is 6.54 Å². The standard InChI is InChI=1S/C7H13N3S/c1-8-2-3-9-4-7-5-10-6-11-7/h5-6,8-9H,2-4H2,1H3. The van der Waals surface area contributed by atoms with Crippen molar-refractivity contribution in [2.24, 2.45) is 0 Å². The van der Waals surface area contributed by atoms with Crippen LogP contribution in [0.4, 0.5) is 0 Å². The molecule has 0 atom stereocenters. The van der Waals surface area contributed by atoms with E-state index in [2.05, 4.69) is 15.6 Å². The third kappa shape index (κ3) is 3.46. The maximum Gasteiger partial charge on any atom is 0.0794 e. The smallest absolute Gasteiger partial charge is 0.0794 e. The van der Waals surface area contributed by atoms with E-state index in [1.54, 1.807) is 11.3 Å². The first-order chi connectivity index (χ1) is 5.43. The first-order valence-corrected chi connectivity index (χ1v) is 4.54. The van der Waals surface area contributed by atoms with Gasteiger partial charge >= 0.3 is 0 Å². The Morgan fingerprint density at radius 1 is 1.55 bits per heavy atom. The van der Waals surface area contributed by atoms with Gasteiger partial charge in [-0.25, -0.2) is 0 Å². The van der Waals surface area contributed by atoms with E-state index in [4.69, 9.17) is 0 Å². The van der Waals surface area contributed by atoms with E-state index < -0.39 is 0 Å². The number of aromatic nitrogens is 1. The number of nitrogens with zero attached hydrogens (tertiary/aromatic N) is 1. The predicted molar refractivity (Wildman–Crippen MR) is 47.7 cm³/mol. The van der Waals surface area contributed by atoms with Crippen LogP contribution in [0.2, 0.25) is 0 Å². The zero-order valence-electron chi connectivity index (χ0n) is 6.63. The molecule has 0 fully saturated rings. The van der Waals surface area contributed by atoms with Gasteiger partial charge in [-0.05, 0) is 7.05 Å². The molecule has 3 nitrogen and oxygen atoms in total. The van der Waals surface area contributed by atoms with E-state index >= 15 is 0 Å². The largest absolute Gasteiger partial charge is 0.318 e. The molecule has 0 aliphatic heterocycles. The quantitative estimate of drug-likeness (QED) is 0.632. The van der Waals surface area contributed by atoms with Crippen molar-refractivity contribution in [3.05, 3.63) is 16.6 Å². The van der Waals surface area contributed by atoms with Gasteiger partial charge in [0.05, 0.1) is 5.51 Å². The lowest BCUT2D eigenvalue weighted by molar-refractivity contribution is 0.655. The Morgan fingerprint density at radius 2 is 2.45 bits per heavy atom. The lowest BCUT2D eigenvalue weighted by Gasteiger charge is -2.00. The molecular weight excluding hydrogens is 158 g/mol. The van der Waals surface area contributed by atoms with Gasteiger partial charge in [0.15, 0.2) is 0 Å². The van der Waals surface area contributed by atoms with Crippen LogP contribution < -0.4 is 10.6 Å². The number of thiazole rings is 1. The van der Waals surface area contributed by atoms with Crippen molar-refractivity contribution in [3.63, 3.8) is 0 Å². The second-order valence-electron chi connectivity index (χ2n) is 2.25. The third-order valence-corrected chi connectivity index (χ3v) is 2.11. The van der Waals surface area contributed by atoms with E-state index in [9.17, 15) is 0 Å². The van der Waals surface area contributed by atoms with Crippen molar-refractivity contribution in [1.82, 2.24) is 15.6 Å². The summed E-state index contributed by atoms with van der Waals surface area (Å²) in [7, 11) is 1.95. The van der Waals surface area contributed by atoms with Crippen molar-refractivity contribution in [1.29, 1.82) is 0 Å². The van der Waals surface area contributed by atoms with Crippen LogP contribution in [0.25, 0.3) is 0 Å². The van der Waals surface area contributed by atoms with Gasteiger partial charge in [0.2, 0.25) is 0 Å². The van der Waals surface area contributed by atoms with E-state index in [1.807, 2.05) is 18.8 Å². The minimum Gasteiger partial charge on any atom is -0.318 e. The van der Waals surface area contributed by atoms with Crippen LogP contribution in [0.1, 0.15) is 4.88 Å². The minimum atomic E-state index is 0.937. The molecule has 4 heteroatoms. The normalized spacial score (nSPS) is 10.3. The summed E-state index contributed by atoms with van der Waals surface area (Å²) in [6, 6.07) is 0. The van der Waals surface area contributed by atoms with Crippen LogP contribution in [-0.2, 0) is 6.54 Å². The minimum absolute atomic E-state index is 0.937. The zero-order valence-corrected chi connectivity index (χ0v) is 7.45. The molecule has 0 saturated heterocycles. The van der Waals surface area contributed by atoms with Gasteiger partial charge in [0.25, 0.3) is 0 Å². The molecule has 0 radical (unpaired) electrons. The number of likely N-dealkylation sites (N-methyl/N-ethyl adjacent to an activating group) is 1. The molecule has 0 aromatic carbocycles. The van der Waals surface area contributed by atoms with Gasteiger partial charge in [-0.3, -0.25) is 4.98 Å². The summed E-state index contributed by atoms with van der Waals surface area (Å²) in [5, 5.41) is 6.37. The Hall–Kier alpha value is -0.450. The second-order valence-corrected chi connectivity index (χ2v) is 3.22. The molecule has 62 valence electrons. The molecule has 0 spiro atoms. The maximum atomic E-state index is 3.98. The molecule has 0 amide bonds. The van der Waals surface area contributed by atoms with Crippen LogP contribution in [0.3, 0.4) is 0 Å². The molecule has 0 aliphatic carbocycles. The molecule has 1 aromatic rings. The fourth-order valence-corrected chi connectivity index (χ4v) is 1.32. The highest BCUT2D eigenvalue weighted by Crippen LogP contribution is 2.03. The maximum absolute atomic E-state index is 3.98. The van der Waals surface area contributed by atoms with Crippen LogP contribution >= 0.6 is 11.3 Å². The molecule has 2 N–H and O–H groups in total. The van der Waals surface area contributed by atoms with Crippen LogP contribution in [0.15, 0.2) is 11.7 Å². The Bertz CT molecular complexity index is 174. The van der Waals surface area contributed by atoms with Gasteiger partial charge in [0.1, 0.15) is 0 Å². The van der Waals surface area contributed by atoms with Crippen molar-refractivity contribution >= 4 is 11.3 Å². The SMILES string of the molecule is CNCCNCc1cncs1. The monoisotopic (exact) mass is 171 g/mol. The first-order valence-electron chi connectivity index (χ1n) is 3.66. The summed E-state index contributed by atoms with van der Waals surface area (Å²) in [5.41, 5.74) is 1.86. The average Bonchev–Trinajstić information content (AvgIpc) is 2.50. The molecular formula is C7H13N3S. The molecule has 1 heterocycles. The second kappa shape index (κ2) is 5.23. The van der Waals surface area contributed by atoms with E-state index in [1.165, 1.54) is 4.88 Å². The summed E-state index contributed by atoms with van der Waals surface area (Å²) in [6.07, 6.45) is 1.90. The Balaban J connectivity index is 2.04. The van der Waals surface area contributed by atoms with Gasteiger partial charge in [-0.2, -0.15) is 0 Å². The molecule has 11 heavy (non-hydrogen) atoms. The van der Waals surface area contributed by atoms with Crippen LogP contribution in [0.5, 0.6) is 0 Å². The van der Waals surface area contributed by atoms with Gasteiger partial charge in [-0.1, -0.05) is 0 Å². The fraction of sp³-hybridized carbons (Fsp3) is 0.571. The molecule has 1 aromatic heterocycles. The average molecular weight is 171 g/mol. The van der Waals surface area contributed by atoms with Crippen molar-refractivity contribution in [2.75, 3.05) is 20.1 Å². The lowest BCUT2D eigenvalue weighted by atomic mass is 10.5. The first kappa shape index (κ1) is 8.64. The summed E-state index contributed by atoms with van der Waals surface area (Å²) < 4.78 is 0. The topological polar surface area (TPSA) is 37.0 Å². The van der Waals surface area contributed by atoms with E-state index in [0.29, 0.717) is 0 Å². The number of nitrogens with one attached hydrogen (secondary N) is 2. The summed E-state index contributed by atoms with van der Waals surface area (Å²) >= 11 is 1.69. The van der Waals surface area contributed by atoms with Gasteiger partial charge < -0.3 is 10.6 Å². The summed E-state index contributed by atoms with van der Waals surface area (Å²) in [5.74, 6) is 0. The Morgan fingerprint density at radius 3 is 3.09 bits per heavy atom. The Kier molecular flexibility index (Phi) is 4.11. The molecule has 0 bridgehead atoms. The molecule has 1 rings (SSSR count). The highest BCUT2D eigenvalue weighted by molar-refractivity contribution is 7.09. The molecule has 0 unspecified atom stereocenters. The number of hydrogen-bond donors (Lipinski definition) is 2. The predicted octanol–water partition coefficient (Wildman–Crippen LogP) is 0.452. The van der Waals surface area contributed by atoms with Gasteiger partial charge in [-0.15, -0.1) is 11.3 Å². The van der Waals surface area contributed by atoms with E-state index in [-0.39, 0.29) is 0 Å².